The van der Waals surface area contributed by atoms with Crippen LogP contribution >= 0.6 is 11.6 Å². The van der Waals surface area contributed by atoms with E-state index in [1.165, 1.54) is 11.0 Å². The smallest absolute Gasteiger partial charge is 0.295 e. The van der Waals surface area contributed by atoms with Crippen LogP contribution in [0.1, 0.15) is 24.1 Å². The van der Waals surface area contributed by atoms with Crippen LogP contribution in [0, 0.1) is 0 Å². The molecule has 1 atom stereocenters. The van der Waals surface area contributed by atoms with Crippen LogP contribution in [-0.2, 0) is 9.59 Å². The molecule has 0 unspecified atom stereocenters. The Kier molecular flexibility index (Phi) is 7.43. The second kappa shape index (κ2) is 10.1. The van der Waals surface area contributed by atoms with Crippen molar-refractivity contribution >= 4 is 29.1 Å². The van der Waals surface area contributed by atoms with Crippen molar-refractivity contribution in [2.75, 3.05) is 40.9 Å². The molecule has 0 saturated carbocycles. The summed E-state index contributed by atoms with van der Waals surface area (Å²) in [4.78, 5) is 29.4. The van der Waals surface area contributed by atoms with Crippen molar-refractivity contribution < 1.29 is 24.2 Å². The summed E-state index contributed by atoms with van der Waals surface area (Å²) in [5.41, 5.74) is 1.06. The summed E-state index contributed by atoms with van der Waals surface area (Å²) < 4.78 is 10.7. The third-order valence-corrected chi connectivity index (χ3v) is 5.56. The normalized spacial score (nSPS) is 17.8. The molecule has 0 aromatic heterocycles. The van der Waals surface area contributed by atoms with E-state index in [2.05, 4.69) is 0 Å². The van der Waals surface area contributed by atoms with E-state index in [4.69, 9.17) is 21.1 Å². The first-order valence-corrected chi connectivity index (χ1v) is 10.7. The zero-order valence-electron chi connectivity index (χ0n) is 18.6. The molecule has 1 heterocycles. The molecule has 1 aliphatic rings. The summed E-state index contributed by atoms with van der Waals surface area (Å²) in [6.45, 7) is 3.18. The van der Waals surface area contributed by atoms with Gasteiger partial charge in [-0.05, 0) is 56.9 Å². The molecule has 7 nitrogen and oxygen atoms in total. The summed E-state index contributed by atoms with van der Waals surface area (Å²) in [5.74, 6) is -0.527. The topological polar surface area (TPSA) is 79.3 Å². The van der Waals surface area contributed by atoms with E-state index in [1.807, 2.05) is 25.9 Å². The zero-order valence-corrected chi connectivity index (χ0v) is 19.3. The molecular weight excluding hydrogens is 432 g/mol. The Balaban J connectivity index is 2.12. The highest BCUT2D eigenvalue weighted by Crippen LogP contribution is 2.40. The Morgan fingerprint density at radius 2 is 1.84 bits per heavy atom. The van der Waals surface area contributed by atoms with Gasteiger partial charge in [-0.3, -0.25) is 9.59 Å². The van der Waals surface area contributed by atoms with Crippen molar-refractivity contribution in [1.29, 1.82) is 0 Å². The third-order valence-electron chi connectivity index (χ3n) is 5.26. The second-order valence-corrected chi connectivity index (χ2v) is 8.05. The summed E-state index contributed by atoms with van der Waals surface area (Å²) >= 11 is 6.28. The van der Waals surface area contributed by atoms with Crippen molar-refractivity contribution in [2.45, 2.75) is 13.0 Å². The number of amides is 1. The predicted molar refractivity (Wildman–Crippen MR) is 123 cm³/mol. The zero-order chi connectivity index (χ0) is 23.4. The molecule has 0 bridgehead atoms. The number of nitrogens with zero attached hydrogens (tertiary/aromatic N) is 2. The fourth-order valence-corrected chi connectivity index (χ4v) is 3.86. The maximum Gasteiger partial charge on any atom is 0.295 e. The number of methoxy groups -OCH3 is 1. The summed E-state index contributed by atoms with van der Waals surface area (Å²) in [6, 6.07) is 11.1. The van der Waals surface area contributed by atoms with Crippen LogP contribution in [-0.4, -0.2) is 67.5 Å². The number of aliphatic hydroxyl groups excluding tert-OH is 1. The Bertz CT molecular complexity index is 1030. The first-order valence-electron chi connectivity index (χ1n) is 10.3. The van der Waals surface area contributed by atoms with Gasteiger partial charge in [0.1, 0.15) is 17.3 Å². The molecule has 0 radical (unpaired) electrons. The maximum atomic E-state index is 13.0. The Hall–Kier alpha value is -3.03. The number of Topliss-reactive ketones (excluding diaryl/α,β-unsaturated/α-hetero) is 1. The van der Waals surface area contributed by atoms with E-state index in [0.29, 0.717) is 47.3 Å². The van der Waals surface area contributed by atoms with Gasteiger partial charge in [-0.1, -0.05) is 23.7 Å². The number of carbonyl (C=O) groups is 2. The summed E-state index contributed by atoms with van der Waals surface area (Å²) in [6.07, 6.45) is 0. The molecule has 0 spiro atoms. The van der Waals surface area contributed by atoms with Gasteiger partial charge in [0.25, 0.3) is 11.7 Å². The number of aliphatic hydroxyl groups is 1. The lowest BCUT2D eigenvalue weighted by Crippen LogP contribution is -2.35. The highest BCUT2D eigenvalue weighted by atomic mass is 35.5. The standard InChI is InChI=1S/C24H27ClN2O5/c1-5-32-19-11-8-16(14-18(19)25)22(28)20-21(15-6-9-17(31-4)10-7-15)27(13-12-26(2)3)24(30)23(20)29/h6-11,14,21,28H,5,12-13H2,1-4H3/t21-/m0/s1. The van der Waals surface area contributed by atoms with Crippen LogP contribution < -0.4 is 9.47 Å². The van der Waals surface area contributed by atoms with Gasteiger partial charge in [-0.2, -0.15) is 0 Å². The predicted octanol–water partition coefficient (Wildman–Crippen LogP) is 3.73. The van der Waals surface area contributed by atoms with Gasteiger partial charge in [-0.15, -0.1) is 0 Å². The first kappa shape index (κ1) is 23.6. The fraction of sp³-hybridized carbons (Fsp3) is 0.333. The average molecular weight is 459 g/mol. The molecule has 2 aromatic carbocycles. The molecule has 1 N–H and O–H groups in total. The number of ketones is 1. The van der Waals surface area contributed by atoms with Gasteiger partial charge in [0, 0.05) is 18.7 Å². The second-order valence-electron chi connectivity index (χ2n) is 7.65. The molecule has 1 aliphatic heterocycles. The van der Waals surface area contributed by atoms with Crippen LogP contribution in [0.4, 0.5) is 0 Å². The number of rotatable bonds is 8. The molecule has 32 heavy (non-hydrogen) atoms. The van der Waals surface area contributed by atoms with Crippen molar-refractivity contribution in [2.24, 2.45) is 0 Å². The lowest BCUT2D eigenvalue weighted by Gasteiger charge is -2.26. The first-order chi connectivity index (χ1) is 15.3. The Morgan fingerprint density at radius 3 is 2.41 bits per heavy atom. The SMILES string of the molecule is CCOc1ccc(C(O)=C2C(=O)C(=O)N(CCN(C)C)[C@H]2c2ccc(OC)cc2)cc1Cl. The van der Waals surface area contributed by atoms with Crippen LogP contribution in [0.15, 0.2) is 48.0 Å². The van der Waals surface area contributed by atoms with Crippen molar-refractivity contribution in [1.82, 2.24) is 9.80 Å². The van der Waals surface area contributed by atoms with Gasteiger partial charge >= 0.3 is 0 Å². The number of hydrogen-bond acceptors (Lipinski definition) is 6. The van der Waals surface area contributed by atoms with Gasteiger partial charge in [-0.25, -0.2) is 0 Å². The highest BCUT2D eigenvalue weighted by molar-refractivity contribution is 6.46. The van der Waals surface area contributed by atoms with Crippen LogP contribution in [0.3, 0.4) is 0 Å². The number of benzene rings is 2. The van der Waals surface area contributed by atoms with Gasteiger partial charge < -0.3 is 24.4 Å². The van der Waals surface area contributed by atoms with Gasteiger partial charge in [0.2, 0.25) is 0 Å². The monoisotopic (exact) mass is 458 g/mol. The fourth-order valence-electron chi connectivity index (χ4n) is 3.63. The molecule has 0 aliphatic carbocycles. The molecule has 3 rings (SSSR count). The number of carbonyl (C=O) groups excluding carboxylic acids is 2. The molecular formula is C24H27ClN2O5. The van der Waals surface area contributed by atoms with Gasteiger partial charge in [0.05, 0.1) is 30.4 Å². The molecule has 1 fully saturated rings. The summed E-state index contributed by atoms with van der Waals surface area (Å²) in [5, 5.41) is 11.4. The minimum absolute atomic E-state index is 0.0270. The van der Waals surface area contributed by atoms with Crippen LogP contribution in [0.5, 0.6) is 11.5 Å². The highest BCUT2D eigenvalue weighted by Gasteiger charge is 2.45. The van der Waals surface area contributed by atoms with Crippen molar-refractivity contribution in [3.8, 4) is 11.5 Å². The maximum absolute atomic E-state index is 13.0. The quantitative estimate of drug-likeness (QED) is 0.369. The molecule has 1 saturated heterocycles. The minimum Gasteiger partial charge on any atom is -0.507 e. The minimum atomic E-state index is -0.730. The molecule has 2 aromatic rings. The molecule has 1 amide bonds. The largest absolute Gasteiger partial charge is 0.507 e. The van der Waals surface area contributed by atoms with Crippen molar-refractivity contribution in [3.05, 3.63) is 64.2 Å². The van der Waals surface area contributed by atoms with Crippen LogP contribution in [0.2, 0.25) is 5.02 Å². The van der Waals surface area contributed by atoms with E-state index in [-0.39, 0.29) is 11.3 Å². The van der Waals surface area contributed by atoms with Gasteiger partial charge in [0.15, 0.2) is 0 Å². The van der Waals surface area contributed by atoms with E-state index in [9.17, 15) is 14.7 Å². The Labute approximate surface area is 192 Å². The number of halogens is 1. The lowest BCUT2D eigenvalue weighted by atomic mass is 9.95. The molecule has 8 heteroatoms. The van der Waals surface area contributed by atoms with E-state index in [1.54, 1.807) is 43.5 Å². The number of ether oxygens (including phenoxy) is 2. The van der Waals surface area contributed by atoms with E-state index in [0.717, 1.165) is 0 Å². The number of hydrogen-bond donors (Lipinski definition) is 1. The average Bonchev–Trinajstić information content (AvgIpc) is 3.03. The summed E-state index contributed by atoms with van der Waals surface area (Å²) in [7, 11) is 5.34. The van der Waals surface area contributed by atoms with E-state index >= 15 is 0 Å². The van der Waals surface area contributed by atoms with Crippen molar-refractivity contribution in [3.63, 3.8) is 0 Å². The van der Waals surface area contributed by atoms with E-state index < -0.39 is 17.7 Å². The molecule has 170 valence electrons. The van der Waals surface area contributed by atoms with Crippen LogP contribution in [0.25, 0.3) is 5.76 Å². The lowest BCUT2D eigenvalue weighted by molar-refractivity contribution is -0.140. The number of likely N-dealkylation sites (N-methyl/N-ethyl adjacent to an activating group) is 1. The number of likely N-dealkylation sites (tertiary alicyclic amines) is 1. The third kappa shape index (κ3) is 4.74. The Morgan fingerprint density at radius 1 is 1.16 bits per heavy atom.